The Morgan fingerprint density at radius 2 is 1.79 bits per heavy atom. The van der Waals surface area contributed by atoms with Crippen molar-refractivity contribution in [2.45, 2.75) is 18.6 Å². The molecule has 0 aliphatic carbocycles. The molecular formula is C25H20N6S2. The van der Waals surface area contributed by atoms with Gasteiger partial charge in [-0.2, -0.15) is 0 Å². The molecule has 0 spiro atoms. The lowest BCUT2D eigenvalue weighted by Gasteiger charge is -2.28. The van der Waals surface area contributed by atoms with Crippen molar-refractivity contribution >= 4 is 38.9 Å². The Morgan fingerprint density at radius 1 is 0.939 bits per heavy atom. The topological polar surface area (TPSA) is 58.9 Å². The molecule has 0 bridgehead atoms. The van der Waals surface area contributed by atoms with Gasteiger partial charge < -0.3 is 10.2 Å². The van der Waals surface area contributed by atoms with Crippen LogP contribution in [0.25, 0.3) is 15.3 Å². The smallest absolute Gasteiger partial charge is 0.194 e. The predicted octanol–water partition coefficient (Wildman–Crippen LogP) is 5.05. The lowest BCUT2D eigenvalue weighted by atomic mass is 10.0. The fourth-order valence-electron chi connectivity index (χ4n) is 4.35. The average Bonchev–Trinajstić information content (AvgIpc) is 3.57. The van der Waals surface area contributed by atoms with Gasteiger partial charge in [0.25, 0.3) is 0 Å². The van der Waals surface area contributed by atoms with Crippen molar-refractivity contribution in [3.8, 4) is 5.13 Å². The van der Waals surface area contributed by atoms with E-state index in [0.717, 1.165) is 27.6 Å². The molecule has 1 saturated heterocycles. The molecule has 33 heavy (non-hydrogen) atoms. The number of fused-ring (bicyclic) bond motifs is 1. The van der Waals surface area contributed by atoms with Crippen molar-refractivity contribution in [3.05, 3.63) is 108 Å². The molecule has 1 N–H and O–H groups in total. The van der Waals surface area contributed by atoms with E-state index in [0.29, 0.717) is 11.7 Å². The lowest BCUT2D eigenvalue weighted by molar-refractivity contribution is 0.302. The SMILES string of the molecule is S=C1N[C@H](c2ccccn2)[C@H](c2cccn2-c2nc3ccccc3s2)N1Cc1ccncc1. The van der Waals surface area contributed by atoms with Crippen molar-refractivity contribution in [3.63, 3.8) is 0 Å². The Balaban J connectivity index is 1.46. The van der Waals surface area contributed by atoms with Crippen molar-refractivity contribution in [2.75, 3.05) is 0 Å². The molecule has 1 aromatic carbocycles. The third-order valence-corrected chi connectivity index (χ3v) is 7.26. The third-order valence-electron chi connectivity index (χ3n) is 5.87. The van der Waals surface area contributed by atoms with E-state index >= 15 is 0 Å². The number of thiazole rings is 1. The maximum Gasteiger partial charge on any atom is 0.194 e. The standard InChI is InChI=1S/C25H20N6S2/c32-24-29-22(19-7-3-4-12-27-19)23(31(24)16-17-10-13-26-14-11-17)20-8-5-15-30(20)25-28-18-6-1-2-9-21(18)33-25/h1-15,22-23H,16H2,(H,29,32)/t22-,23+/m1/s1. The van der Waals surface area contributed by atoms with Gasteiger partial charge in [-0.15, -0.1) is 0 Å². The summed E-state index contributed by atoms with van der Waals surface area (Å²) in [5.41, 5.74) is 4.23. The number of benzene rings is 1. The fraction of sp³-hybridized carbons (Fsp3) is 0.120. The van der Waals surface area contributed by atoms with Gasteiger partial charge in [0.1, 0.15) is 0 Å². The second kappa shape index (κ2) is 8.38. The summed E-state index contributed by atoms with van der Waals surface area (Å²) in [5.74, 6) is 0. The van der Waals surface area contributed by atoms with Crippen LogP contribution in [0.5, 0.6) is 0 Å². The number of para-hydroxylation sites is 1. The van der Waals surface area contributed by atoms with Gasteiger partial charge in [0.15, 0.2) is 10.2 Å². The summed E-state index contributed by atoms with van der Waals surface area (Å²) < 4.78 is 3.35. The summed E-state index contributed by atoms with van der Waals surface area (Å²) in [6, 6.07) is 22.4. The molecule has 4 aromatic heterocycles. The van der Waals surface area contributed by atoms with Crippen LogP contribution in [0, 0.1) is 0 Å². The Hall–Kier alpha value is -3.62. The van der Waals surface area contributed by atoms with Gasteiger partial charge in [-0.05, 0) is 66.3 Å². The number of hydrogen-bond acceptors (Lipinski definition) is 5. The minimum atomic E-state index is -0.0800. The quantitative estimate of drug-likeness (QED) is 0.364. The third kappa shape index (κ3) is 3.67. The molecule has 6 nitrogen and oxygen atoms in total. The molecule has 0 amide bonds. The van der Waals surface area contributed by atoms with E-state index < -0.39 is 0 Å². The first-order valence-electron chi connectivity index (χ1n) is 10.7. The number of nitrogens with one attached hydrogen (secondary N) is 1. The summed E-state index contributed by atoms with van der Waals surface area (Å²) in [6.45, 7) is 0.674. The Kier molecular flexibility index (Phi) is 5.09. The van der Waals surface area contributed by atoms with Crippen molar-refractivity contribution in [1.82, 2.24) is 29.7 Å². The zero-order valence-electron chi connectivity index (χ0n) is 17.6. The van der Waals surface area contributed by atoms with E-state index in [9.17, 15) is 0 Å². The van der Waals surface area contributed by atoms with Gasteiger partial charge in [-0.3, -0.25) is 14.5 Å². The van der Waals surface area contributed by atoms with Crippen molar-refractivity contribution in [2.24, 2.45) is 0 Å². The first-order valence-corrected chi connectivity index (χ1v) is 11.9. The lowest BCUT2D eigenvalue weighted by Crippen LogP contribution is -2.30. The van der Waals surface area contributed by atoms with E-state index in [1.807, 2.05) is 61.1 Å². The number of rotatable bonds is 5. The minimum absolute atomic E-state index is 0.0532. The maximum atomic E-state index is 5.83. The van der Waals surface area contributed by atoms with Crippen LogP contribution in [0.2, 0.25) is 0 Å². The van der Waals surface area contributed by atoms with Crippen LogP contribution in [0.4, 0.5) is 0 Å². The molecule has 0 unspecified atom stereocenters. The second-order valence-corrected chi connectivity index (χ2v) is 9.27. The highest BCUT2D eigenvalue weighted by atomic mass is 32.1. The maximum absolute atomic E-state index is 5.83. The summed E-state index contributed by atoms with van der Waals surface area (Å²) >= 11 is 7.52. The van der Waals surface area contributed by atoms with E-state index in [4.69, 9.17) is 17.2 Å². The summed E-state index contributed by atoms with van der Waals surface area (Å²) in [6.07, 6.45) is 7.54. The van der Waals surface area contributed by atoms with Crippen LogP contribution in [0.1, 0.15) is 29.0 Å². The number of nitrogens with zero attached hydrogens (tertiary/aromatic N) is 5. The Morgan fingerprint density at radius 3 is 2.61 bits per heavy atom. The van der Waals surface area contributed by atoms with E-state index in [1.165, 1.54) is 4.70 Å². The van der Waals surface area contributed by atoms with Gasteiger partial charge in [0.2, 0.25) is 0 Å². The van der Waals surface area contributed by atoms with E-state index in [-0.39, 0.29) is 12.1 Å². The highest BCUT2D eigenvalue weighted by Gasteiger charge is 2.41. The molecule has 0 saturated carbocycles. The van der Waals surface area contributed by atoms with Gasteiger partial charge in [0, 0.05) is 31.3 Å². The Labute approximate surface area is 200 Å². The monoisotopic (exact) mass is 468 g/mol. The van der Waals surface area contributed by atoms with Crippen LogP contribution in [0.3, 0.4) is 0 Å². The van der Waals surface area contributed by atoms with Crippen molar-refractivity contribution < 1.29 is 0 Å². The summed E-state index contributed by atoms with van der Waals surface area (Å²) in [4.78, 5) is 15.9. The summed E-state index contributed by atoms with van der Waals surface area (Å²) in [7, 11) is 0. The van der Waals surface area contributed by atoms with Gasteiger partial charge in [-0.1, -0.05) is 29.5 Å². The highest BCUT2D eigenvalue weighted by molar-refractivity contribution is 7.80. The zero-order valence-corrected chi connectivity index (χ0v) is 19.2. The number of aromatic nitrogens is 4. The van der Waals surface area contributed by atoms with Crippen LogP contribution in [0.15, 0.2) is 91.5 Å². The molecule has 0 radical (unpaired) electrons. The van der Waals surface area contributed by atoms with E-state index in [1.54, 1.807) is 11.3 Å². The minimum Gasteiger partial charge on any atom is -0.352 e. The number of thiocarbonyl (C=S) groups is 1. The number of pyridine rings is 2. The molecule has 6 rings (SSSR count). The van der Waals surface area contributed by atoms with Crippen LogP contribution < -0.4 is 5.32 Å². The van der Waals surface area contributed by atoms with Crippen LogP contribution in [-0.2, 0) is 6.54 Å². The van der Waals surface area contributed by atoms with Crippen molar-refractivity contribution in [1.29, 1.82) is 0 Å². The van der Waals surface area contributed by atoms with E-state index in [2.05, 4.69) is 55.2 Å². The normalized spacial score (nSPS) is 18.1. The van der Waals surface area contributed by atoms with Gasteiger partial charge in [0.05, 0.1) is 33.7 Å². The predicted molar refractivity (Wildman–Crippen MR) is 134 cm³/mol. The molecule has 1 aliphatic rings. The molecule has 5 heterocycles. The molecular weight excluding hydrogens is 448 g/mol. The Bertz CT molecular complexity index is 1380. The molecule has 1 aliphatic heterocycles. The largest absolute Gasteiger partial charge is 0.352 e. The average molecular weight is 469 g/mol. The van der Waals surface area contributed by atoms with Crippen LogP contribution in [-0.4, -0.2) is 29.5 Å². The highest BCUT2D eigenvalue weighted by Crippen LogP contribution is 2.41. The zero-order chi connectivity index (χ0) is 22.2. The van der Waals surface area contributed by atoms with Crippen LogP contribution >= 0.6 is 23.6 Å². The first kappa shape index (κ1) is 20.0. The fourth-order valence-corrected chi connectivity index (χ4v) is 5.63. The molecule has 5 aromatic rings. The van der Waals surface area contributed by atoms with Gasteiger partial charge >= 0.3 is 0 Å². The molecule has 8 heteroatoms. The molecule has 2 atom stereocenters. The first-order chi connectivity index (χ1) is 16.3. The molecule has 1 fully saturated rings. The second-order valence-electron chi connectivity index (χ2n) is 7.88. The summed E-state index contributed by atoms with van der Waals surface area (Å²) in [5, 5.41) is 5.19. The molecule has 162 valence electrons. The van der Waals surface area contributed by atoms with Gasteiger partial charge in [-0.25, -0.2) is 4.98 Å². The number of hydrogen-bond donors (Lipinski definition) is 1.